The molecule has 2 heterocycles. The fourth-order valence-corrected chi connectivity index (χ4v) is 3.08. The van der Waals surface area contributed by atoms with Gasteiger partial charge in [0.15, 0.2) is 5.60 Å². The summed E-state index contributed by atoms with van der Waals surface area (Å²) in [6, 6.07) is 6.19. The van der Waals surface area contributed by atoms with E-state index >= 15 is 0 Å². The third kappa shape index (κ3) is 4.63. The van der Waals surface area contributed by atoms with Gasteiger partial charge in [-0.2, -0.15) is 26.3 Å². The second-order valence-corrected chi connectivity index (χ2v) is 6.85. The molecule has 0 bridgehead atoms. The minimum atomic E-state index is -4.52. The van der Waals surface area contributed by atoms with E-state index in [-0.39, 0.29) is 17.9 Å². The van der Waals surface area contributed by atoms with E-state index in [0.29, 0.717) is 11.1 Å². The van der Waals surface area contributed by atoms with Crippen molar-refractivity contribution in [3.05, 3.63) is 47.7 Å². The summed E-state index contributed by atoms with van der Waals surface area (Å²) in [4.78, 5) is 16.4. The van der Waals surface area contributed by atoms with Gasteiger partial charge in [-0.05, 0) is 36.2 Å². The van der Waals surface area contributed by atoms with Gasteiger partial charge in [0.1, 0.15) is 0 Å². The van der Waals surface area contributed by atoms with E-state index < -0.39 is 42.4 Å². The lowest BCUT2D eigenvalue weighted by molar-refractivity contribution is -0.141. The molecule has 0 fully saturated rings. The summed E-state index contributed by atoms with van der Waals surface area (Å²) in [7, 11) is 0. The molecule has 156 valence electrons. The molecule has 0 radical (unpaired) electrons. The normalized spacial score (nSPS) is 18.9. The number of rotatable bonds is 4. The summed E-state index contributed by atoms with van der Waals surface area (Å²) in [5.74, 6) is -0.692. The Labute approximate surface area is 161 Å². The molecule has 10 heteroatoms. The Morgan fingerprint density at radius 3 is 2.59 bits per heavy atom. The van der Waals surface area contributed by atoms with Crippen molar-refractivity contribution in [1.82, 2.24) is 10.3 Å². The number of pyridine rings is 1. The number of ether oxygens (including phenoxy) is 1. The average molecular weight is 418 g/mol. The molecule has 1 aromatic heterocycles. The smallest absolute Gasteiger partial charge is 0.416 e. The number of nitrogens with one attached hydrogen (secondary N) is 1. The summed E-state index contributed by atoms with van der Waals surface area (Å²) in [6.45, 7) is 0.791. The summed E-state index contributed by atoms with van der Waals surface area (Å²) < 4.78 is 81.5. The van der Waals surface area contributed by atoms with E-state index in [1.807, 2.05) is 0 Å². The highest BCUT2D eigenvalue weighted by Gasteiger charge is 2.44. The lowest BCUT2D eigenvalue weighted by Crippen LogP contribution is -2.48. The van der Waals surface area contributed by atoms with Crippen LogP contribution in [0.1, 0.15) is 24.5 Å². The van der Waals surface area contributed by atoms with Crippen LogP contribution in [-0.4, -0.2) is 29.2 Å². The topological polar surface area (TPSA) is 51.2 Å². The first-order chi connectivity index (χ1) is 13.4. The zero-order chi connectivity index (χ0) is 21.4. The molecule has 1 aliphatic rings. The van der Waals surface area contributed by atoms with Crippen molar-refractivity contribution < 1.29 is 35.9 Å². The Bertz CT molecular complexity index is 926. The molecular formula is C19H16F6N2O2. The monoisotopic (exact) mass is 418 g/mol. The van der Waals surface area contributed by atoms with Crippen molar-refractivity contribution in [2.45, 2.75) is 37.7 Å². The lowest BCUT2D eigenvalue weighted by atomic mass is 9.92. The Morgan fingerprint density at radius 1 is 1.21 bits per heavy atom. The molecule has 0 spiro atoms. The van der Waals surface area contributed by atoms with Gasteiger partial charge >= 0.3 is 12.4 Å². The molecule has 0 saturated heterocycles. The first-order valence-electron chi connectivity index (χ1n) is 8.59. The Hall–Kier alpha value is -2.78. The number of amides is 1. The van der Waals surface area contributed by atoms with Crippen molar-refractivity contribution in [2.24, 2.45) is 0 Å². The highest BCUT2D eigenvalue weighted by Crippen LogP contribution is 2.41. The minimum absolute atomic E-state index is 0.0421. The SMILES string of the molecule is CC1(C(=O)NCCC(F)(F)F)Cc2c(-c3cccc(C(F)(F)F)c3)ccnc2O1. The number of fused-ring (bicyclic) bond motifs is 1. The van der Waals surface area contributed by atoms with Gasteiger partial charge in [-0.3, -0.25) is 4.79 Å². The Balaban J connectivity index is 1.84. The third-order valence-corrected chi connectivity index (χ3v) is 4.53. The summed E-state index contributed by atoms with van der Waals surface area (Å²) in [5, 5.41) is 2.18. The number of halogens is 6. The number of nitrogens with zero attached hydrogens (tertiary/aromatic N) is 1. The first-order valence-corrected chi connectivity index (χ1v) is 8.59. The van der Waals surface area contributed by atoms with Crippen LogP contribution in [-0.2, 0) is 17.4 Å². The van der Waals surface area contributed by atoms with E-state index in [4.69, 9.17) is 4.74 Å². The fraction of sp³-hybridized carbons (Fsp3) is 0.368. The second kappa shape index (κ2) is 7.23. The molecule has 29 heavy (non-hydrogen) atoms. The van der Waals surface area contributed by atoms with E-state index in [9.17, 15) is 31.1 Å². The largest absolute Gasteiger partial charge is 0.461 e. The molecule has 1 N–H and O–H groups in total. The molecule has 1 amide bonds. The van der Waals surface area contributed by atoms with Gasteiger partial charge < -0.3 is 10.1 Å². The molecule has 0 aliphatic carbocycles. The van der Waals surface area contributed by atoms with Crippen LogP contribution >= 0.6 is 0 Å². The first kappa shape index (κ1) is 20.9. The van der Waals surface area contributed by atoms with Gasteiger partial charge in [0.05, 0.1) is 12.0 Å². The van der Waals surface area contributed by atoms with Gasteiger partial charge in [-0.1, -0.05) is 12.1 Å². The maximum atomic E-state index is 13.0. The third-order valence-electron chi connectivity index (χ3n) is 4.53. The number of carbonyl (C=O) groups is 1. The zero-order valence-corrected chi connectivity index (χ0v) is 15.1. The molecule has 4 nitrogen and oxygen atoms in total. The van der Waals surface area contributed by atoms with E-state index in [1.165, 1.54) is 31.3 Å². The van der Waals surface area contributed by atoms with Crippen molar-refractivity contribution in [2.75, 3.05) is 6.54 Å². The van der Waals surface area contributed by atoms with Crippen LogP contribution < -0.4 is 10.1 Å². The predicted octanol–water partition coefficient (Wildman–Crippen LogP) is 4.53. The maximum absolute atomic E-state index is 13.0. The van der Waals surface area contributed by atoms with Crippen LogP contribution in [0.15, 0.2) is 36.5 Å². The van der Waals surface area contributed by atoms with Crippen LogP contribution in [0.5, 0.6) is 5.88 Å². The van der Waals surface area contributed by atoms with E-state index in [0.717, 1.165) is 12.1 Å². The second-order valence-electron chi connectivity index (χ2n) is 6.85. The highest BCUT2D eigenvalue weighted by atomic mass is 19.4. The number of hydrogen-bond donors (Lipinski definition) is 1. The lowest BCUT2D eigenvalue weighted by Gasteiger charge is -2.22. The standard InChI is InChI=1S/C19H16F6N2O2/c1-17(16(28)27-8-6-18(20,21)22)10-14-13(5-7-26-15(14)29-17)11-3-2-4-12(9-11)19(23,24)25/h2-5,7,9H,6,8,10H2,1H3,(H,27,28). The summed E-state index contributed by atoms with van der Waals surface area (Å²) in [6.07, 6.45) is -8.82. The Kier molecular flexibility index (Phi) is 5.22. The molecular weight excluding hydrogens is 402 g/mol. The van der Waals surface area contributed by atoms with Crippen LogP contribution in [0.25, 0.3) is 11.1 Å². The zero-order valence-electron chi connectivity index (χ0n) is 15.1. The van der Waals surface area contributed by atoms with Crippen molar-refractivity contribution in [1.29, 1.82) is 0 Å². The van der Waals surface area contributed by atoms with Crippen molar-refractivity contribution in [3.8, 4) is 17.0 Å². The minimum Gasteiger partial charge on any atom is -0.461 e. The van der Waals surface area contributed by atoms with E-state index in [2.05, 4.69) is 10.3 Å². The van der Waals surface area contributed by atoms with Crippen LogP contribution in [0.3, 0.4) is 0 Å². The molecule has 1 aliphatic heterocycles. The van der Waals surface area contributed by atoms with Gasteiger partial charge in [0.25, 0.3) is 5.91 Å². The summed E-state index contributed by atoms with van der Waals surface area (Å²) >= 11 is 0. The molecule has 3 rings (SSSR count). The maximum Gasteiger partial charge on any atom is 0.416 e. The number of alkyl halides is 6. The van der Waals surface area contributed by atoms with Crippen molar-refractivity contribution in [3.63, 3.8) is 0 Å². The molecule has 1 aromatic carbocycles. The quantitative estimate of drug-likeness (QED) is 0.743. The van der Waals surface area contributed by atoms with Crippen LogP contribution in [0.2, 0.25) is 0 Å². The summed E-state index contributed by atoms with van der Waals surface area (Å²) in [5.41, 5.74) is -1.25. The predicted molar refractivity (Wildman–Crippen MR) is 91.1 cm³/mol. The number of aromatic nitrogens is 1. The Morgan fingerprint density at radius 2 is 1.93 bits per heavy atom. The molecule has 1 atom stereocenters. The van der Waals surface area contributed by atoms with Crippen LogP contribution in [0, 0.1) is 0 Å². The van der Waals surface area contributed by atoms with E-state index in [1.54, 1.807) is 0 Å². The molecule has 0 saturated carbocycles. The van der Waals surface area contributed by atoms with Gasteiger partial charge in [-0.15, -0.1) is 0 Å². The van der Waals surface area contributed by atoms with Crippen LogP contribution in [0.4, 0.5) is 26.3 Å². The van der Waals surface area contributed by atoms with Gasteiger partial charge in [-0.25, -0.2) is 4.98 Å². The molecule has 2 aromatic rings. The van der Waals surface area contributed by atoms with Gasteiger partial charge in [0.2, 0.25) is 5.88 Å². The fourth-order valence-electron chi connectivity index (χ4n) is 3.08. The average Bonchev–Trinajstić information content (AvgIpc) is 2.97. The number of carbonyl (C=O) groups excluding carboxylic acids is 1. The highest BCUT2D eigenvalue weighted by molar-refractivity contribution is 5.87. The van der Waals surface area contributed by atoms with Gasteiger partial charge in [0, 0.05) is 24.7 Å². The number of hydrogen-bond acceptors (Lipinski definition) is 3. The number of benzene rings is 1. The molecule has 1 unspecified atom stereocenters. The van der Waals surface area contributed by atoms with Crippen molar-refractivity contribution >= 4 is 5.91 Å².